The van der Waals surface area contributed by atoms with Crippen molar-refractivity contribution in [3.8, 4) is 0 Å². The summed E-state index contributed by atoms with van der Waals surface area (Å²) in [5, 5.41) is 2.83. The van der Waals surface area contributed by atoms with Gasteiger partial charge in [0.2, 0.25) is 15.9 Å². The molecule has 1 aromatic carbocycles. The van der Waals surface area contributed by atoms with E-state index in [2.05, 4.69) is 5.32 Å². The van der Waals surface area contributed by atoms with Crippen molar-refractivity contribution in [2.75, 3.05) is 19.9 Å². The third-order valence-corrected chi connectivity index (χ3v) is 4.99. The summed E-state index contributed by atoms with van der Waals surface area (Å²) in [6.07, 6.45) is 2.43. The highest BCUT2D eigenvalue weighted by Gasteiger charge is 2.36. The number of methoxy groups -OCH3 is 1. The van der Waals surface area contributed by atoms with Crippen molar-refractivity contribution in [2.24, 2.45) is 0 Å². The number of nitrogens with zero attached hydrogens (tertiary/aromatic N) is 1. The molecule has 7 heteroatoms. The summed E-state index contributed by atoms with van der Waals surface area (Å²) in [7, 11) is -1.70. The van der Waals surface area contributed by atoms with E-state index in [9.17, 15) is 13.2 Å². The first-order valence-corrected chi connectivity index (χ1v) is 9.08. The van der Waals surface area contributed by atoms with Crippen LogP contribution in [-0.4, -0.2) is 44.6 Å². The van der Waals surface area contributed by atoms with Gasteiger partial charge in [-0.25, -0.2) is 8.42 Å². The molecule has 1 aliphatic heterocycles. The summed E-state index contributed by atoms with van der Waals surface area (Å²) >= 11 is 0. The fourth-order valence-corrected chi connectivity index (χ4v) is 3.83. The Morgan fingerprint density at radius 1 is 1.41 bits per heavy atom. The summed E-state index contributed by atoms with van der Waals surface area (Å²) in [4.78, 5) is 12.2. The van der Waals surface area contributed by atoms with Gasteiger partial charge in [0.25, 0.3) is 0 Å². The van der Waals surface area contributed by atoms with Gasteiger partial charge >= 0.3 is 0 Å². The van der Waals surface area contributed by atoms with E-state index in [0.717, 1.165) is 17.4 Å². The van der Waals surface area contributed by atoms with Crippen LogP contribution in [0.2, 0.25) is 0 Å². The predicted molar refractivity (Wildman–Crippen MR) is 83.6 cm³/mol. The largest absolute Gasteiger partial charge is 0.380 e. The minimum Gasteiger partial charge on any atom is -0.380 e. The number of benzene rings is 1. The van der Waals surface area contributed by atoms with Gasteiger partial charge in [0.15, 0.2) is 0 Å². The number of sulfonamides is 1. The maximum absolute atomic E-state index is 12.2. The van der Waals surface area contributed by atoms with E-state index in [4.69, 9.17) is 4.74 Å². The monoisotopic (exact) mass is 326 g/mol. The van der Waals surface area contributed by atoms with Crippen molar-refractivity contribution >= 4 is 15.9 Å². The molecule has 6 nitrogen and oxygen atoms in total. The third-order valence-electron chi connectivity index (χ3n) is 3.70. The van der Waals surface area contributed by atoms with Crippen LogP contribution in [0.3, 0.4) is 0 Å². The Bertz CT molecular complexity index is 630. The van der Waals surface area contributed by atoms with Crippen LogP contribution >= 0.6 is 0 Å². The minimum absolute atomic E-state index is 0.236. The number of rotatable bonds is 6. The van der Waals surface area contributed by atoms with Gasteiger partial charge < -0.3 is 10.1 Å². The number of carbonyl (C=O) groups excluding carboxylic acids is 1. The molecule has 1 fully saturated rings. The highest BCUT2D eigenvalue weighted by atomic mass is 32.2. The lowest BCUT2D eigenvalue weighted by atomic mass is 10.1. The molecule has 1 atom stereocenters. The molecule has 0 unspecified atom stereocenters. The first-order chi connectivity index (χ1) is 10.4. The summed E-state index contributed by atoms with van der Waals surface area (Å²) < 4.78 is 29.7. The van der Waals surface area contributed by atoms with E-state index >= 15 is 0 Å². The lowest BCUT2D eigenvalue weighted by Gasteiger charge is -2.21. The number of carbonyl (C=O) groups is 1. The second-order valence-corrected chi connectivity index (χ2v) is 7.44. The van der Waals surface area contributed by atoms with Gasteiger partial charge in [-0.05, 0) is 24.0 Å². The molecule has 0 bridgehead atoms. The Kier molecular flexibility index (Phi) is 5.55. The van der Waals surface area contributed by atoms with E-state index in [1.165, 1.54) is 4.31 Å². The zero-order chi connectivity index (χ0) is 16.2. The molecule has 22 heavy (non-hydrogen) atoms. The van der Waals surface area contributed by atoms with E-state index in [0.29, 0.717) is 32.5 Å². The van der Waals surface area contributed by atoms with Gasteiger partial charge in [-0.1, -0.05) is 24.3 Å². The Morgan fingerprint density at radius 3 is 2.82 bits per heavy atom. The van der Waals surface area contributed by atoms with Crippen molar-refractivity contribution < 1.29 is 17.9 Å². The fraction of sp³-hybridized carbons (Fsp3) is 0.533. The molecule has 1 saturated heterocycles. The van der Waals surface area contributed by atoms with E-state index in [1.807, 2.05) is 24.3 Å². The molecule has 0 radical (unpaired) electrons. The van der Waals surface area contributed by atoms with Crippen molar-refractivity contribution in [2.45, 2.75) is 32.0 Å². The molecule has 1 aliphatic rings. The predicted octanol–water partition coefficient (Wildman–Crippen LogP) is 0.873. The quantitative estimate of drug-likeness (QED) is 0.842. The minimum atomic E-state index is -3.34. The second-order valence-electron chi connectivity index (χ2n) is 5.50. The highest BCUT2D eigenvalue weighted by Crippen LogP contribution is 2.20. The summed E-state index contributed by atoms with van der Waals surface area (Å²) in [5.41, 5.74) is 2.00. The number of nitrogens with one attached hydrogen (secondary N) is 1. The van der Waals surface area contributed by atoms with E-state index in [-0.39, 0.29) is 5.91 Å². The summed E-state index contributed by atoms with van der Waals surface area (Å²) in [6, 6.07) is 7.16. The molecule has 1 N–H and O–H groups in total. The normalized spacial score (nSPS) is 19.3. The third kappa shape index (κ3) is 4.28. The Balaban J connectivity index is 1.96. The summed E-state index contributed by atoms with van der Waals surface area (Å²) in [6.45, 7) is 1.32. The van der Waals surface area contributed by atoms with E-state index in [1.54, 1.807) is 7.11 Å². The molecule has 0 aliphatic carbocycles. The van der Waals surface area contributed by atoms with Crippen LogP contribution in [0.5, 0.6) is 0 Å². The molecular weight excluding hydrogens is 304 g/mol. The van der Waals surface area contributed by atoms with Crippen LogP contribution in [0, 0.1) is 0 Å². The van der Waals surface area contributed by atoms with Gasteiger partial charge in [-0.15, -0.1) is 0 Å². The van der Waals surface area contributed by atoms with Crippen molar-refractivity contribution in [1.29, 1.82) is 0 Å². The zero-order valence-electron chi connectivity index (χ0n) is 12.9. The van der Waals surface area contributed by atoms with Crippen LogP contribution in [-0.2, 0) is 32.7 Å². The molecule has 1 aromatic rings. The van der Waals surface area contributed by atoms with Crippen LogP contribution in [0.25, 0.3) is 0 Å². The number of hydrogen-bond acceptors (Lipinski definition) is 4. The Labute approximate surface area is 131 Å². The van der Waals surface area contributed by atoms with Gasteiger partial charge in [-0.2, -0.15) is 4.31 Å². The molecule has 2 rings (SSSR count). The Morgan fingerprint density at radius 2 is 2.14 bits per heavy atom. The number of ether oxygens (including phenoxy) is 1. The molecule has 1 heterocycles. The van der Waals surface area contributed by atoms with Crippen molar-refractivity contribution in [3.05, 3.63) is 35.4 Å². The smallest absolute Gasteiger partial charge is 0.238 e. The van der Waals surface area contributed by atoms with Gasteiger partial charge in [0.1, 0.15) is 6.04 Å². The van der Waals surface area contributed by atoms with Crippen LogP contribution in [0.1, 0.15) is 24.0 Å². The molecular formula is C15H22N2O4S. The standard InChI is InChI=1S/C15H22N2O4S/c1-21-11-13-6-3-5-12(9-13)10-16-15(18)14-7-4-8-17(14)22(2,19)20/h3,5-6,9,14H,4,7-8,10-11H2,1-2H3,(H,16,18)/t14-/m0/s1. The Hall–Kier alpha value is -1.44. The highest BCUT2D eigenvalue weighted by molar-refractivity contribution is 7.88. The topological polar surface area (TPSA) is 75.7 Å². The van der Waals surface area contributed by atoms with Gasteiger partial charge in [0.05, 0.1) is 12.9 Å². The zero-order valence-corrected chi connectivity index (χ0v) is 13.7. The maximum atomic E-state index is 12.2. The van der Waals surface area contributed by atoms with Crippen LogP contribution in [0.15, 0.2) is 24.3 Å². The second kappa shape index (κ2) is 7.21. The molecule has 122 valence electrons. The first kappa shape index (κ1) is 16.9. The SMILES string of the molecule is COCc1cccc(CNC(=O)[C@@H]2CCCN2S(C)(=O)=O)c1. The first-order valence-electron chi connectivity index (χ1n) is 7.23. The van der Waals surface area contributed by atoms with Crippen molar-refractivity contribution in [1.82, 2.24) is 9.62 Å². The van der Waals surface area contributed by atoms with Crippen LogP contribution in [0.4, 0.5) is 0 Å². The van der Waals surface area contributed by atoms with Crippen LogP contribution < -0.4 is 5.32 Å². The molecule has 0 aromatic heterocycles. The fourth-order valence-electron chi connectivity index (χ4n) is 2.70. The van der Waals surface area contributed by atoms with Gasteiger partial charge in [0, 0.05) is 20.2 Å². The molecule has 0 spiro atoms. The summed E-state index contributed by atoms with van der Waals surface area (Å²) in [5.74, 6) is -0.236. The molecule has 1 amide bonds. The lowest BCUT2D eigenvalue weighted by Crippen LogP contribution is -2.45. The van der Waals surface area contributed by atoms with E-state index < -0.39 is 16.1 Å². The lowest BCUT2D eigenvalue weighted by molar-refractivity contribution is -0.124. The average Bonchev–Trinajstić information content (AvgIpc) is 2.95. The number of hydrogen-bond donors (Lipinski definition) is 1. The maximum Gasteiger partial charge on any atom is 0.238 e. The molecule has 0 saturated carbocycles. The average molecular weight is 326 g/mol. The van der Waals surface area contributed by atoms with Gasteiger partial charge in [-0.3, -0.25) is 4.79 Å². The van der Waals surface area contributed by atoms with Crippen molar-refractivity contribution in [3.63, 3.8) is 0 Å². The number of amides is 1.